The number of benzene rings is 4. The third-order valence-electron chi connectivity index (χ3n) is 4.14. The average molecular weight is 279 g/mol. The normalized spacial score (nSPS) is 10.7. The summed E-state index contributed by atoms with van der Waals surface area (Å²) in [6.45, 7) is 0. The Morgan fingerprint density at radius 2 is 0.857 bits per heavy atom. The second-order valence-electron chi connectivity index (χ2n) is 5.45. The molecule has 0 aliphatic carbocycles. The van der Waals surface area contributed by atoms with E-state index in [1.54, 1.807) is 0 Å². The summed E-state index contributed by atoms with van der Waals surface area (Å²) < 4.78 is 3.06. The fourth-order valence-corrected chi connectivity index (χ4v) is 5.04. The van der Waals surface area contributed by atoms with Gasteiger partial charge < -0.3 is 0 Å². The summed E-state index contributed by atoms with van der Waals surface area (Å²) in [5.41, 5.74) is 0. The molecule has 4 rings (SSSR count). The Morgan fingerprint density at radius 1 is 0.429 bits per heavy atom. The molecule has 0 aromatic heterocycles. The molecule has 0 N–H and O–H groups in total. The molecule has 1 heteroatoms. The lowest BCUT2D eigenvalue weighted by Gasteiger charge is -2.09. The quantitative estimate of drug-likeness (QED) is 0.491. The van der Waals surface area contributed by atoms with Gasteiger partial charge in [0.2, 0.25) is 0 Å². The minimum Gasteiger partial charge on any atom is -0.157 e. The van der Waals surface area contributed by atoms with Gasteiger partial charge in [-0.25, -0.2) is 0 Å². The molecule has 0 unspecified atom stereocenters. The van der Waals surface area contributed by atoms with Crippen molar-refractivity contribution in [2.75, 3.05) is 0 Å². The molecule has 0 amide bonds. The zero-order valence-electron chi connectivity index (χ0n) is 11.8. The van der Waals surface area contributed by atoms with Crippen molar-refractivity contribution in [1.29, 1.82) is 0 Å². The summed E-state index contributed by atoms with van der Waals surface area (Å²) in [7, 11) is 0. The third kappa shape index (κ3) is 2.43. The van der Waals surface area contributed by atoms with Crippen LogP contribution < -0.4 is 7.39 Å². The molecule has 4 aromatic rings. The first-order valence-corrected chi connectivity index (χ1v) is 8.76. The largest absolute Gasteiger partial charge is 0.452 e. The molecule has 0 aliphatic rings. The van der Waals surface area contributed by atoms with Crippen molar-refractivity contribution < 1.29 is 0 Å². The summed E-state index contributed by atoms with van der Waals surface area (Å²) in [5, 5.41) is 5.53. The first-order valence-electron chi connectivity index (χ1n) is 7.35. The molecule has 0 spiro atoms. The minimum absolute atomic E-state index is 0.478. The van der Waals surface area contributed by atoms with Crippen LogP contribution in [-0.2, 0) is 0 Å². The van der Waals surface area contributed by atoms with Crippen molar-refractivity contribution in [3.63, 3.8) is 0 Å². The summed E-state index contributed by atoms with van der Waals surface area (Å²) >= 11 is -0.478. The van der Waals surface area contributed by atoms with E-state index in [0.717, 1.165) is 0 Å². The van der Waals surface area contributed by atoms with Gasteiger partial charge in [-0.05, 0) is 21.5 Å². The Labute approximate surface area is 134 Å². The van der Waals surface area contributed by atoms with E-state index in [2.05, 4.69) is 84.9 Å². The molecule has 0 nitrogen and oxygen atoms in total. The van der Waals surface area contributed by atoms with Gasteiger partial charge in [0, 0.05) is 0 Å². The average Bonchev–Trinajstić information content (AvgIpc) is 2.56. The van der Waals surface area contributed by atoms with Crippen LogP contribution in [0.1, 0.15) is 0 Å². The van der Waals surface area contributed by atoms with E-state index < -0.39 is 20.4 Å². The van der Waals surface area contributed by atoms with Gasteiger partial charge in [0.05, 0.1) is 0 Å². The van der Waals surface area contributed by atoms with Crippen LogP contribution in [0.2, 0.25) is 0 Å². The van der Waals surface area contributed by atoms with Crippen LogP contribution >= 0.6 is 0 Å². The number of rotatable bonds is 2. The highest BCUT2D eigenvalue weighted by Crippen LogP contribution is 2.12. The molecule has 0 bridgehead atoms. The van der Waals surface area contributed by atoms with E-state index in [0.29, 0.717) is 0 Å². The van der Waals surface area contributed by atoms with Gasteiger partial charge in [-0.2, -0.15) is 7.39 Å². The van der Waals surface area contributed by atoms with Crippen LogP contribution in [-0.4, -0.2) is 20.4 Å². The molecule has 0 fully saturated rings. The van der Waals surface area contributed by atoms with Crippen LogP contribution in [0.3, 0.4) is 0 Å². The van der Waals surface area contributed by atoms with Gasteiger partial charge in [0.1, 0.15) is 0 Å². The van der Waals surface area contributed by atoms with E-state index in [-0.39, 0.29) is 0 Å². The molecule has 21 heavy (non-hydrogen) atoms. The number of fused-ring (bicyclic) bond motifs is 2. The van der Waals surface area contributed by atoms with Gasteiger partial charge in [-0.1, -0.05) is 84.9 Å². The highest BCUT2D eigenvalue weighted by Gasteiger charge is 2.08. The Balaban J connectivity index is 1.87. The summed E-state index contributed by atoms with van der Waals surface area (Å²) in [6.07, 6.45) is 0. The molecule has 96 valence electrons. The minimum atomic E-state index is -0.478. The van der Waals surface area contributed by atoms with Crippen molar-refractivity contribution in [2.45, 2.75) is 0 Å². The van der Waals surface area contributed by atoms with E-state index in [1.165, 1.54) is 28.9 Å². The molecule has 0 aliphatic heterocycles. The summed E-state index contributed by atoms with van der Waals surface area (Å²) in [5.74, 6) is 0. The fourth-order valence-electron chi connectivity index (χ4n) is 3.10. The van der Waals surface area contributed by atoms with Crippen molar-refractivity contribution in [2.24, 2.45) is 0 Å². The van der Waals surface area contributed by atoms with Crippen LogP contribution in [0.25, 0.3) is 21.5 Å². The Morgan fingerprint density at radius 3 is 1.38 bits per heavy atom. The first kappa shape index (κ1) is 12.9. The lowest BCUT2D eigenvalue weighted by Crippen LogP contribution is -2.28. The van der Waals surface area contributed by atoms with E-state index in [4.69, 9.17) is 0 Å². The van der Waals surface area contributed by atoms with Crippen LogP contribution in [0.4, 0.5) is 0 Å². The van der Waals surface area contributed by atoms with Gasteiger partial charge in [-0.3, -0.25) is 0 Å². The first-order chi connectivity index (χ1) is 10.4. The Kier molecular flexibility index (Phi) is 3.38. The summed E-state index contributed by atoms with van der Waals surface area (Å²) in [6, 6.07) is 30.8. The zero-order chi connectivity index (χ0) is 14.1. The highest BCUT2D eigenvalue weighted by molar-refractivity contribution is 6.72. The number of hydrogen-bond acceptors (Lipinski definition) is 0. The Hall–Kier alpha value is -1.83. The van der Waals surface area contributed by atoms with Gasteiger partial charge in [0.25, 0.3) is 0 Å². The molecule has 0 saturated heterocycles. The van der Waals surface area contributed by atoms with Crippen molar-refractivity contribution in [3.8, 4) is 0 Å². The van der Waals surface area contributed by atoms with Gasteiger partial charge in [-0.15, -0.1) is 0 Å². The second kappa shape index (κ2) is 5.51. The lowest BCUT2D eigenvalue weighted by molar-refractivity contribution is 1.77. The van der Waals surface area contributed by atoms with Crippen molar-refractivity contribution >= 4 is 49.3 Å². The highest BCUT2D eigenvalue weighted by atomic mass is 24.5. The maximum Gasteiger partial charge on any atom is 0.452 e. The van der Waals surface area contributed by atoms with Gasteiger partial charge in [0.15, 0.2) is 0 Å². The van der Waals surface area contributed by atoms with E-state index in [9.17, 15) is 0 Å². The molecular formula is C20H14Mg. The monoisotopic (exact) mass is 278 g/mol. The number of hydrogen-bond donors (Lipinski definition) is 0. The SMILES string of the molecule is c1ccc2[c]([Mg][c]3cccc4ccccc34)cccc2c1. The zero-order valence-corrected chi connectivity index (χ0v) is 13.2. The maximum absolute atomic E-state index is 2.30. The molecule has 4 aromatic carbocycles. The van der Waals surface area contributed by atoms with Crippen LogP contribution in [0.15, 0.2) is 84.9 Å². The third-order valence-corrected chi connectivity index (χ3v) is 6.14. The van der Waals surface area contributed by atoms with Crippen LogP contribution in [0.5, 0.6) is 0 Å². The summed E-state index contributed by atoms with van der Waals surface area (Å²) in [4.78, 5) is 0. The van der Waals surface area contributed by atoms with Crippen LogP contribution in [0, 0.1) is 0 Å². The maximum atomic E-state index is 2.30. The molecule has 0 heterocycles. The molecule has 0 atom stereocenters. The Bertz CT molecular complexity index is 837. The van der Waals surface area contributed by atoms with Gasteiger partial charge >= 0.3 is 20.4 Å². The molecular weight excluding hydrogens is 265 g/mol. The standard InChI is InChI=1S/2C10H7.Mg/c2*1-2-6-10-8-4-3-7-9(10)5-1;/h2*1-7H;. The van der Waals surface area contributed by atoms with E-state index in [1.807, 2.05) is 0 Å². The predicted octanol–water partition coefficient (Wildman–Crippen LogP) is 3.65. The van der Waals surface area contributed by atoms with Crippen molar-refractivity contribution in [3.05, 3.63) is 84.9 Å². The smallest absolute Gasteiger partial charge is 0.157 e. The lowest BCUT2D eigenvalue weighted by atomic mass is 10.1. The topological polar surface area (TPSA) is 0 Å². The molecule has 0 radical (unpaired) electrons. The fraction of sp³-hybridized carbons (Fsp3) is 0. The van der Waals surface area contributed by atoms with E-state index >= 15 is 0 Å². The van der Waals surface area contributed by atoms with Crippen molar-refractivity contribution in [1.82, 2.24) is 0 Å². The predicted molar refractivity (Wildman–Crippen MR) is 92.9 cm³/mol. The second-order valence-corrected chi connectivity index (χ2v) is 7.33. The molecule has 0 saturated carbocycles.